The third-order valence-corrected chi connectivity index (χ3v) is 2.47. The Morgan fingerprint density at radius 2 is 2.10 bits per heavy atom. The molecule has 0 atom stereocenters. The molecule has 54 valence electrons. The van der Waals surface area contributed by atoms with E-state index in [2.05, 4.69) is 20.9 Å². The summed E-state index contributed by atoms with van der Waals surface area (Å²) < 4.78 is 1.01. The van der Waals surface area contributed by atoms with Crippen LogP contribution in [0.1, 0.15) is 11.3 Å². The predicted molar refractivity (Wildman–Crippen MR) is 46.4 cm³/mol. The molecule has 1 rings (SSSR count). The smallest absolute Gasteiger partial charge is 0.132 e. The van der Waals surface area contributed by atoms with Crippen LogP contribution in [0.4, 0.5) is 0 Å². The van der Waals surface area contributed by atoms with Crippen molar-refractivity contribution in [2.24, 2.45) is 0 Å². The van der Waals surface area contributed by atoms with Crippen molar-refractivity contribution in [2.75, 3.05) is 0 Å². The van der Waals surface area contributed by atoms with Gasteiger partial charge in [0.1, 0.15) is 5.15 Å². The zero-order valence-corrected chi connectivity index (χ0v) is 8.12. The largest absolute Gasteiger partial charge is 0.240 e. The van der Waals surface area contributed by atoms with Gasteiger partial charge in [0.15, 0.2) is 0 Å². The van der Waals surface area contributed by atoms with Gasteiger partial charge in [0.25, 0.3) is 0 Å². The maximum atomic E-state index is 5.75. The van der Waals surface area contributed by atoms with E-state index >= 15 is 0 Å². The Morgan fingerprint density at radius 1 is 1.50 bits per heavy atom. The molecule has 0 bridgehead atoms. The molecule has 1 heterocycles. The van der Waals surface area contributed by atoms with Gasteiger partial charge >= 0.3 is 0 Å². The molecule has 0 amide bonds. The highest BCUT2D eigenvalue weighted by atomic mass is 79.9. The van der Waals surface area contributed by atoms with Gasteiger partial charge in [-0.1, -0.05) is 11.6 Å². The van der Waals surface area contributed by atoms with Crippen LogP contribution in [0.15, 0.2) is 10.5 Å². The van der Waals surface area contributed by atoms with E-state index in [1.807, 2.05) is 19.9 Å². The molecule has 0 N–H and O–H groups in total. The second kappa shape index (κ2) is 2.89. The molecule has 1 nitrogen and oxygen atoms in total. The van der Waals surface area contributed by atoms with Crippen molar-refractivity contribution in [1.82, 2.24) is 4.98 Å². The van der Waals surface area contributed by atoms with Crippen LogP contribution < -0.4 is 0 Å². The highest BCUT2D eigenvalue weighted by Crippen LogP contribution is 2.20. The molecular formula is C7H7BrClN. The first-order chi connectivity index (χ1) is 4.61. The van der Waals surface area contributed by atoms with E-state index in [0.29, 0.717) is 5.15 Å². The van der Waals surface area contributed by atoms with Crippen molar-refractivity contribution in [3.05, 3.63) is 26.9 Å². The number of hydrogen-bond acceptors (Lipinski definition) is 1. The van der Waals surface area contributed by atoms with E-state index in [1.165, 1.54) is 0 Å². The maximum absolute atomic E-state index is 5.75. The van der Waals surface area contributed by atoms with Gasteiger partial charge < -0.3 is 0 Å². The van der Waals surface area contributed by atoms with Crippen LogP contribution in [-0.4, -0.2) is 4.98 Å². The molecule has 1 aromatic heterocycles. The molecule has 0 unspecified atom stereocenters. The topological polar surface area (TPSA) is 12.9 Å². The lowest BCUT2D eigenvalue weighted by molar-refractivity contribution is 1.15. The average Bonchev–Trinajstić information content (AvgIpc) is 1.84. The molecule has 0 aromatic carbocycles. The van der Waals surface area contributed by atoms with Crippen molar-refractivity contribution in [3.63, 3.8) is 0 Å². The van der Waals surface area contributed by atoms with Crippen molar-refractivity contribution in [2.45, 2.75) is 13.8 Å². The van der Waals surface area contributed by atoms with E-state index in [9.17, 15) is 0 Å². The fourth-order valence-electron chi connectivity index (χ4n) is 0.643. The van der Waals surface area contributed by atoms with Gasteiger partial charge in [-0.15, -0.1) is 0 Å². The highest BCUT2D eigenvalue weighted by Gasteiger charge is 2.00. The first kappa shape index (κ1) is 8.02. The maximum Gasteiger partial charge on any atom is 0.132 e. The quantitative estimate of drug-likeness (QED) is 0.612. The van der Waals surface area contributed by atoms with Crippen LogP contribution in [0.3, 0.4) is 0 Å². The minimum absolute atomic E-state index is 0.584. The first-order valence-electron chi connectivity index (χ1n) is 2.90. The summed E-state index contributed by atoms with van der Waals surface area (Å²) in [5, 5.41) is 0.584. The van der Waals surface area contributed by atoms with Crippen LogP contribution in [0.2, 0.25) is 5.15 Å². The Balaban J connectivity index is 3.28. The lowest BCUT2D eigenvalue weighted by Gasteiger charge is -1.99. The Kier molecular flexibility index (Phi) is 2.32. The molecule has 0 saturated heterocycles. The van der Waals surface area contributed by atoms with Crippen molar-refractivity contribution < 1.29 is 0 Å². The molecular weight excluding hydrogens is 213 g/mol. The second-order valence-corrected chi connectivity index (χ2v) is 3.38. The van der Waals surface area contributed by atoms with Crippen LogP contribution in [0, 0.1) is 13.8 Å². The Labute approximate surface area is 73.6 Å². The summed E-state index contributed by atoms with van der Waals surface area (Å²) in [4.78, 5) is 4.09. The number of aryl methyl sites for hydroxylation is 2. The molecule has 1 aromatic rings. The zero-order chi connectivity index (χ0) is 7.72. The molecule has 10 heavy (non-hydrogen) atoms. The standard InChI is InChI=1S/C7H7BrClN/c1-4-3-6(8)5(2)10-7(4)9/h3H,1-2H3. The number of aromatic nitrogens is 1. The first-order valence-corrected chi connectivity index (χ1v) is 4.07. The van der Waals surface area contributed by atoms with Crippen LogP contribution in [0.5, 0.6) is 0 Å². The number of nitrogens with zero attached hydrogens (tertiary/aromatic N) is 1. The highest BCUT2D eigenvalue weighted by molar-refractivity contribution is 9.10. The number of hydrogen-bond donors (Lipinski definition) is 0. The van der Waals surface area contributed by atoms with Crippen molar-refractivity contribution >= 4 is 27.5 Å². The summed E-state index contributed by atoms with van der Waals surface area (Å²) in [6.07, 6.45) is 0. The van der Waals surface area contributed by atoms with Gasteiger partial charge in [0.05, 0.1) is 5.69 Å². The summed E-state index contributed by atoms with van der Waals surface area (Å²) in [6, 6.07) is 1.96. The number of pyridine rings is 1. The number of rotatable bonds is 0. The molecule has 0 spiro atoms. The predicted octanol–water partition coefficient (Wildman–Crippen LogP) is 3.11. The van der Waals surface area contributed by atoms with Crippen LogP contribution >= 0.6 is 27.5 Å². The Bertz CT molecular complexity index is 210. The second-order valence-electron chi connectivity index (χ2n) is 2.16. The van der Waals surface area contributed by atoms with E-state index in [1.54, 1.807) is 0 Å². The SMILES string of the molecule is Cc1cc(Br)c(C)nc1Cl. The Hall–Kier alpha value is -0.0800. The van der Waals surface area contributed by atoms with E-state index < -0.39 is 0 Å². The summed E-state index contributed by atoms with van der Waals surface area (Å²) >= 11 is 9.11. The molecule has 0 fully saturated rings. The van der Waals surface area contributed by atoms with E-state index in [4.69, 9.17) is 11.6 Å². The summed E-state index contributed by atoms with van der Waals surface area (Å²) in [6.45, 7) is 3.84. The minimum Gasteiger partial charge on any atom is -0.240 e. The third kappa shape index (κ3) is 1.50. The normalized spacial score (nSPS) is 10.0. The van der Waals surface area contributed by atoms with Gasteiger partial charge in [0, 0.05) is 4.47 Å². The molecule has 0 aliphatic rings. The van der Waals surface area contributed by atoms with Gasteiger partial charge in [-0.25, -0.2) is 4.98 Å². The summed E-state index contributed by atoms with van der Waals surface area (Å²) in [7, 11) is 0. The average molecular weight is 220 g/mol. The third-order valence-electron chi connectivity index (χ3n) is 1.28. The van der Waals surface area contributed by atoms with Gasteiger partial charge in [0.2, 0.25) is 0 Å². The minimum atomic E-state index is 0.584. The lowest BCUT2D eigenvalue weighted by Crippen LogP contribution is -1.86. The molecule has 3 heteroatoms. The van der Waals surface area contributed by atoms with Crippen LogP contribution in [0.25, 0.3) is 0 Å². The monoisotopic (exact) mass is 219 g/mol. The van der Waals surface area contributed by atoms with Gasteiger partial charge in [-0.3, -0.25) is 0 Å². The molecule has 0 saturated carbocycles. The van der Waals surface area contributed by atoms with Gasteiger partial charge in [-0.05, 0) is 41.4 Å². The van der Waals surface area contributed by atoms with Gasteiger partial charge in [-0.2, -0.15) is 0 Å². The molecule has 0 aliphatic carbocycles. The molecule has 0 radical (unpaired) electrons. The van der Waals surface area contributed by atoms with Crippen molar-refractivity contribution in [1.29, 1.82) is 0 Å². The summed E-state index contributed by atoms with van der Waals surface area (Å²) in [5.41, 5.74) is 1.93. The van der Waals surface area contributed by atoms with Crippen LogP contribution in [-0.2, 0) is 0 Å². The lowest BCUT2D eigenvalue weighted by atomic mass is 10.3. The zero-order valence-electron chi connectivity index (χ0n) is 5.78. The van der Waals surface area contributed by atoms with E-state index in [-0.39, 0.29) is 0 Å². The fraction of sp³-hybridized carbons (Fsp3) is 0.286. The number of halogens is 2. The fourth-order valence-corrected chi connectivity index (χ4v) is 1.26. The van der Waals surface area contributed by atoms with Crippen molar-refractivity contribution in [3.8, 4) is 0 Å². The summed E-state index contributed by atoms with van der Waals surface area (Å²) in [5.74, 6) is 0. The van der Waals surface area contributed by atoms with E-state index in [0.717, 1.165) is 15.7 Å². The Morgan fingerprint density at radius 3 is 2.60 bits per heavy atom. The molecule has 0 aliphatic heterocycles.